The summed E-state index contributed by atoms with van der Waals surface area (Å²) in [6, 6.07) is 0. The lowest BCUT2D eigenvalue weighted by Crippen LogP contribution is -2.15. The molecule has 2 unspecified atom stereocenters. The summed E-state index contributed by atoms with van der Waals surface area (Å²) in [5, 5.41) is 10.4. The summed E-state index contributed by atoms with van der Waals surface area (Å²) in [6.07, 6.45) is 2.69. The summed E-state index contributed by atoms with van der Waals surface area (Å²) < 4.78 is 22.4. The normalized spacial score (nSPS) is 14.2. The number of nitro groups is 1. The van der Waals surface area contributed by atoms with Gasteiger partial charge in [0.25, 0.3) is 0 Å². The van der Waals surface area contributed by atoms with Crippen LogP contribution >= 0.6 is 11.3 Å². The van der Waals surface area contributed by atoms with Gasteiger partial charge in [-0.1, -0.05) is 0 Å². The van der Waals surface area contributed by atoms with Gasteiger partial charge in [-0.15, -0.1) is 11.3 Å². The first kappa shape index (κ1) is 14.8. The van der Waals surface area contributed by atoms with Crippen molar-refractivity contribution in [2.75, 3.05) is 0 Å². The van der Waals surface area contributed by atoms with E-state index in [1.165, 1.54) is 15.9 Å². The molecule has 2 aromatic rings. The summed E-state index contributed by atoms with van der Waals surface area (Å²) in [4.78, 5) is 19.3. The van der Waals surface area contributed by atoms with Crippen molar-refractivity contribution >= 4 is 28.2 Å². The maximum absolute atomic E-state index is 11.6. The third-order valence-corrected chi connectivity index (χ3v) is 4.63. The van der Waals surface area contributed by atoms with Crippen LogP contribution < -0.4 is 0 Å². The average Bonchev–Trinajstić information content (AvgIpc) is 2.96. The first-order valence-electron chi connectivity index (χ1n) is 5.67. The first-order chi connectivity index (χ1) is 9.45. The van der Waals surface area contributed by atoms with Gasteiger partial charge in [0.05, 0.1) is 6.54 Å². The number of aryl methyl sites for hydroxylation is 1. The number of rotatable bonds is 5. The first-order valence-corrected chi connectivity index (χ1v) is 7.66. The minimum Gasteiger partial charge on any atom is -0.358 e. The molecule has 0 amide bonds. The highest BCUT2D eigenvalue weighted by atomic mass is 32.2. The fourth-order valence-corrected chi connectivity index (χ4v) is 3.59. The Morgan fingerprint density at radius 1 is 1.55 bits per heavy atom. The van der Waals surface area contributed by atoms with E-state index < -0.39 is 21.3 Å². The number of aromatic nitrogens is 3. The van der Waals surface area contributed by atoms with Gasteiger partial charge >= 0.3 is 5.82 Å². The van der Waals surface area contributed by atoms with Gasteiger partial charge in [0.1, 0.15) is 11.2 Å². The summed E-state index contributed by atoms with van der Waals surface area (Å²) in [7, 11) is 0. The highest BCUT2D eigenvalue weighted by molar-refractivity contribution is 7.79. The lowest BCUT2D eigenvalue weighted by Gasteiger charge is -2.08. The van der Waals surface area contributed by atoms with Crippen LogP contribution in [0.4, 0.5) is 5.82 Å². The summed E-state index contributed by atoms with van der Waals surface area (Å²) >= 11 is -0.993. The third kappa shape index (κ3) is 2.62. The van der Waals surface area contributed by atoms with Crippen LogP contribution in [0.3, 0.4) is 0 Å². The number of hydrogen-bond donors (Lipinski definition) is 1. The molecule has 0 aliphatic rings. The molecule has 1 N–H and O–H groups in total. The van der Waals surface area contributed by atoms with Crippen molar-refractivity contribution < 1.29 is 13.7 Å². The van der Waals surface area contributed by atoms with E-state index in [0.717, 1.165) is 11.1 Å². The van der Waals surface area contributed by atoms with Crippen molar-refractivity contribution in [1.82, 2.24) is 14.5 Å². The van der Waals surface area contributed by atoms with Crippen LogP contribution in [0, 0.1) is 17.0 Å². The lowest BCUT2D eigenvalue weighted by molar-refractivity contribution is -0.392. The highest BCUT2D eigenvalue weighted by Crippen LogP contribution is 2.31. The van der Waals surface area contributed by atoms with E-state index in [-0.39, 0.29) is 18.2 Å². The number of hydrogen-bond acceptors (Lipinski definition) is 6. The Balaban J connectivity index is 2.56. The molecule has 0 aromatic carbocycles. The SMILES string of the molecule is CCn1c([N+](=O)[O-])cnc1C(c1ncc(C)s1)S(=O)O. The van der Waals surface area contributed by atoms with E-state index in [4.69, 9.17) is 0 Å². The third-order valence-electron chi connectivity index (χ3n) is 2.67. The van der Waals surface area contributed by atoms with E-state index in [2.05, 4.69) is 9.97 Å². The second-order valence-electron chi connectivity index (χ2n) is 3.94. The molecule has 0 bridgehead atoms. The summed E-state index contributed by atoms with van der Waals surface area (Å²) in [5.41, 5.74) is 0. The Hall–Kier alpha value is -1.65. The molecule has 0 aliphatic carbocycles. The van der Waals surface area contributed by atoms with Gasteiger partial charge in [-0.3, -0.25) is 0 Å². The van der Waals surface area contributed by atoms with Gasteiger partial charge in [0.15, 0.2) is 16.3 Å². The molecule has 108 valence electrons. The van der Waals surface area contributed by atoms with Crippen LogP contribution in [0.5, 0.6) is 0 Å². The quantitative estimate of drug-likeness (QED) is 0.512. The molecule has 10 heteroatoms. The molecule has 0 fully saturated rings. The predicted molar refractivity (Wildman–Crippen MR) is 74.0 cm³/mol. The Morgan fingerprint density at radius 3 is 2.70 bits per heavy atom. The minimum atomic E-state index is -2.26. The summed E-state index contributed by atoms with van der Waals surface area (Å²) in [6.45, 7) is 3.82. The molecule has 2 aromatic heterocycles. The summed E-state index contributed by atoms with van der Waals surface area (Å²) in [5.74, 6) is -0.0272. The topological polar surface area (TPSA) is 111 Å². The minimum absolute atomic E-state index is 0.175. The van der Waals surface area contributed by atoms with Crippen molar-refractivity contribution in [2.45, 2.75) is 25.6 Å². The van der Waals surface area contributed by atoms with Gasteiger partial charge < -0.3 is 14.7 Å². The zero-order valence-corrected chi connectivity index (χ0v) is 12.3. The fraction of sp³-hybridized carbons (Fsp3) is 0.400. The molecule has 8 nitrogen and oxygen atoms in total. The van der Waals surface area contributed by atoms with E-state index in [1.54, 1.807) is 13.1 Å². The van der Waals surface area contributed by atoms with Gasteiger partial charge in [-0.05, 0) is 18.8 Å². The number of nitrogens with zero attached hydrogens (tertiary/aromatic N) is 4. The van der Waals surface area contributed by atoms with Crippen LogP contribution in [0.25, 0.3) is 0 Å². The number of imidazole rings is 1. The monoisotopic (exact) mass is 316 g/mol. The molecular formula is C10H12N4O4S2. The maximum Gasteiger partial charge on any atom is 0.342 e. The van der Waals surface area contributed by atoms with Crippen LogP contribution in [0.2, 0.25) is 0 Å². The Morgan fingerprint density at radius 2 is 2.25 bits per heavy atom. The average molecular weight is 316 g/mol. The predicted octanol–water partition coefficient (Wildman–Crippen LogP) is 1.89. The molecule has 0 radical (unpaired) electrons. The molecule has 2 rings (SSSR count). The van der Waals surface area contributed by atoms with Crippen molar-refractivity contribution in [3.63, 3.8) is 0 Å². The Bertz CT molecular complexity index is 666. The maximum atomic E-state index is 11.6. The molecule has 0 aliphatic heterocycles. The highest BCUT2D eigenvalue weighted by Gasteiger charge is 2.33. The second kappa shape index (κ2) is 5.77. The largest absolute Gasteiger partial charge is 0.358 e. The second-order valence-corrected chi connectivity index (χ2v) is 6.23. The fourth-order valence-electron chi connectivity index (χ4n) is 1.84. The Labute approximate surface area is 120 Å². The van der Waals surface area contributed by atoms with Gasteiger partial charge in [-0.25, -0.2) is 18.7 Å². The molecular weight excluding hydrogens is 304 g/mol. The molecule has 0 saturated carbocycles. The van der Waals surface area contributed by atoms with Gasteiger partial charge in [0.2, 0.25) is 5.82 Å². The molecule has 0 saturated heterocycles. The van der Waals surface area contributed by atoms with Crippen molar-refractivity contribution in [2.24, 2.45) is 0 Å². The van der Waals surface area contributed by atoms with Gasteiger partial charge in [-0.2, -0.15) is 0 Å². The Kier molecular flexibility index (Phi) is 4.26. The zero-order valence-electron chi connectivity index (χ0n) is 10.7. The standard InChI is InChI=1S/C10H12N4O4S2/c1-3-13-7(14(15)16)5-11-9(13)8(20(17)18)10-12-4-6(2)19-10/h4-5,8H,3H2,1-2H3,(H,17,18). The van der Waals surface area contributed by atoms with E-state index in [9.17, 15) is 18.9 Å². The van der Waals surface area contributed by atoms with Crippen molar-refractivity contribution in [1.29, 1.82) is 0 Å². The van der Waals surface area contributed by atoms with Gasteiger partial charge in [0, 0.05) is 11.1 Å². The van der Waals surface area contributed by atoms with Crippen LogP contribution in [0.1, 0.15) is 27.9 Å². The van der Waals surface area contributed by atoms with Crippen LogP contribution in [-0.4, -0.2) is 28.2 Å². The van der Waals surface area contributed by atoms with Crippen molar-refractivity contribution in [3.8, 4) is 0 Å². The smallest absolute Gasteiger partial charge is 0.342 e. The molecule has 20 heavy (non-hydrogen) atoms. The van der Waals surface area contributed by atoms with E-state index in [0.29, 0.717) is 5.01 Å². The molecule has 2 atom stereocenters. The van der Waals surface area contributed by atoms with E-state index >= 15 is 0 Å². The molecule has 0 spiro atoms. The molecule has 2 heterocycles. The zero-order chi connectivity index (χ0) is 14.9. The van der Waals surface area contributed by atoms with Crippen molar-refractivity contribution in [3.05, 3.63) is 38.2 Å². The van der Waals surface area contributed by atoms with E-state index in [1.807, 2.05) is 6.92 Å². The lowest BCUT2D eigenvalue weighted by atomic mass is 10.4. The van der Waals surface area contributed by atoms with Crippen LogP contribution in [0.15, 0.2) is 12.4 Å². The number of thiazole rings is 1. The van der Waals surface area contributed by atoms with Crippen LogP contribution in [-0.2, 0) is 17.6 Å².